The van der Waals surface area contributed by atoms with Crippen LogP contribution in [-0.4, -0.2) is 35.1 Å². The molecule has 0 aliphatic rings. The van der Waals surface area contributed by atoms with Crippen molar-refractivity contribution in [2.24, 2.45) is 0 Å². The second-order valence-corrected chi connectivity index (χ2v) is 9.73. The topological polar surface area (TPSA) is 49.4 Å². The molecule has 7 heteroatoms. The van der Waals surface area contributed by atoms with Gasteiger partial charge in [-0.25, -0.2) is 4.39 Å². The molecule has 1 atom stereocenters. The molecule has 3 aromatic carbocycles. The molecule has 0 fully saturated rings. The number of nitrogens with one attached hydrogen (secondary N) is 1. The molecule has 0 aliphatic carbocycles. The zero-order valence-corrected chi connectivity index (χ0v) is 21.3. The molecule has 0 heterocycles. The van der Waals surface area contributed by atoms with E-state index in [1.807, 2.05) is 42.5 Å². The summed E-state index contributed by atoms with van der Waals surface area (Å²) in [5, 5.41) is 3.63. The lowest BCUT2D eigenvalue weighted by atomic mass is 10.0. The van der Waals surface area contributed by atoms with Gasteiger partial charge in [0.1, 0.15) is 11.9 Å². The second-order valence-electron chi connectivity index (χ2n) is 8.24. The molecular formula is C28H30ClFN2O2S. The number of halogens is 2. The monoisotopic (exact) mass is 512 g/mol. The average Bonchev–Trinajstić information content (AvgIpc) is 2.87. The van der Waals surface area contributed by atoms with E-state index in [1.165, 1.54) is 23.9 Å². The van der Waals surface area contributed by atoms with Crippen molar-refractivity contribution in [1.82, 2.24) is 10.2 Å². The number of nitrogens with zero attached hydrogens (tertiary/aromatic N) is 1. The van der Waals surface area contributed by atoms with Crippen LogP contribution in [0.2, 0.25) is 5.02 Å². The van der Waals surface area contributed by atoms with Crippen molar-refractivity contribution in [2.75, 3.05) is 12.3 Å². The number of unbranched alkanes of at least 4 members (excludes halogenated alkanes) is 1. The van der Waals surface area contributed by atoms with Crippen molar-refractivity contribution >= 4 is 35.2 Å². The Morgan fingerprint density at radius 2 is 1.66 bits per heavy atom. The highest BCUT2D eigenvalue weighted by atomic mass is 35.5. The normalized spacial score (nSPS) is 11.6. The smallest absolute Gasteiger partial charge is 0.243 e. The van der Waals surface area contributed by atoms with Crippen LogP contribution in [0, 0.1) is 5.82 Å². The highest BCUT2D eigenvalue weighted by molar-refractivity contribution is 8.00. The first-order valence-corrected chi connectivity index (χ1v) is 13.1. The number of benzene rings is 3. The molecule has 3 aromatic rings. The summed E-state index contributed by atoms with van der Waals surface area (Å²) in [5.74, 6) is -0.533. The van der Waals surface area contributed by atoms with Gasteiger partial charge in [-0.3, -0.25) is 9.59 Å². The van der Waals surface area contributed by atoms with E-state index in [1.54, 1.807) is 29.2 Å². The summed E-state index contributed by atoms with van der Waals surface area (Å²) in [5.41, 5.74) is 1.72. The molecular weight excluding hydrogens is 483 g/mol. The van der Waals surface area contributed by atoms with Crippen LogP contribution in [0.5, 0.6) is 0 Å². The van der Waals surface area contributed by atoms with Crippen molar-refractivity contribution in [3.05, 3.63) is 101 Å². The van der Waals surface area contributed by atoms with Crippen molar-refractivity contribution in [1.29, 1.82) is 0 Å². The van der Waals surface area contributed by atoms with Gasteiger partial charge in [0, 0.05) is 29.4 Å². The van der Waals surface area contributed by atoms with Gasteiger partial charge in [-0.1, -0.05) is 67.4 Å². The molecule has 0 aliphatic heterocycles. The SMILES string of the molecule is CCCCNC(=O)[C@@H](Cc1ccccc1)N(Cc1ccc(F)cc1)C(=O)CSc1ccc(Cl)cc1. The lowest BCUT2D eigenvalue weighted by Crippen LogP contribution is -2.51. The van der Waals surface area contributed by atoms with Crippen molar-refractivity contribution < 1.29 is 14.0 Å². The van der Waals surface area contributed by atoms with Gasteiger partial charge in [-0.05, 0) is 53.9 Å². The Hall–Kier alpha value is -2.83. The number of amides is 2. The maximum Gasteiger partial charge on any atom is 0.243 e. The molecule has 0 saturated heterocycles. The Balaban J connectivity index is 1.86. The van der Waals surface area contributed by atoms with Gasteiger partial charge < -0.3 is 10.2 Å². The molecule has 4 nitrogen and oxygen atoms in total. The van der Waals surface area contributed by atoms with E-state index in [9.17, 15) is 14.0 Å². The van der Waals surface area contributed by atoms with Crippen LogP contribution < -0.4 is 5.32 Å². The molecule has 0 unspecified atom stereocenters. The summed E-state index contributed by atoms with van der Waals surface area (Å²) in [6, 6.07) is 22.3. The van der Waals surface area contributed by atoms with Gasteiger partial charge in [0.2, 0.25) is 11.8 Å². The second kappa shape index (κ2) is 13.9. The minimum Gasteiger partial charge on any atom is -0.354 e. The summed E-state index contributed by atoms with van der Waals surface area (Å²) >= 11 is 7.37. The largest absolute Gasteiger partial charge is 0.354 e. The third-order valence-corrected chi connectivity index (χ3v) is 6.79. The predicted molar refractivity (Wildman–Crippen MR) is 141 cm³/mol. The highest BCUT2D eigenvalue weighted by Gasteiger charge is 2.30. The number of hydrogen-bond acceptors (Lipinski definition) is 3. The predicted octanol–water partition coefficient (Wildman–Crippen LogP) is 6.13. The van der Waals surface area contributed by atoms with Crippen LogP contribution in [0.4, 0.5) is 4.39 Å². The number of thioether (sulfide) groups is 1. The minimum atomic E-state index is -0.697. The fourth-order valence-electron chi connectivity index (χ4n) is 3.61. The van der Waals surface area contributed by atoms with Gasteiger partial charge in [-0.15, -0.1) is 11.8 Å². The van der Waals surface area contributed by atoms with Gasteiger partial charge in [0.05, 0.1) is 5.75 Å². The quantitative estimate of drug-likeness (QED) is 0.235. The lowest BCUT2D eigenvalue weighted by molar-refractivity contribution is -0.139. The third kappa shape index (κ3) is 8.71. The molecule has 1 N–H and O–H groups in total. The van der Waals surface area contributed by atoms with E-state index >= 15 is 0 Å². The van der Waals surface area contributed by atoms with E-state index in [0.717, 1.165) is 28.9 Å². The molecule has 0 radical (unpaired) electrons. The van der Waals surface area contributed by atoms with Crippen LogP contribution in [0.1, 0.15) is 30.9 Å². The number of hydrogen-bond donors (Lipinski definition) is 1. The summed E-state index contributed by atoms with van der Waals surface area (Å²) in [6.45, 7) is 2.82. The molecule has 2 amide bonds. The maximum absolute atomic E-state index is 13.5. The number of rotatable bonds is 12. The van der Waals surface area contributed by atoms with Crippen LogP contribution in [0.15, 0.2) is 83.8 Å². The standard InChI is InChI=1S/C28H30ClFN2O2S/c1-2-3-17-31-28(34)26(18-21-7-5-4-6-8-21)32(19-22-9-13-24(30)14-10-22)27(33)20-35-25-15-11-23(29)12-16-25/h4-16,26H,2-3,17-20H2,1H3,(H,31,34)/t26-/m1/s1. The molecule has 35 heavy (non-hydrogen) atoms. The van der Waals surface area contributed by atoms with Gasteiger partial charge >= 0.3 is 0 Å². The summed E-state index contributed by atoms with van der Waals surface area (Å²) in [7, 11) is 0. The molecule has 3 rings (SSSR count). The third-order valence-electron chi connectivity index (χ3n) is 5.54. The summed E-state index contributed by atoms with van der Waals surface area (Å²) in [4.78, 5) is 29.4. The Kier molecular flexibility index (Phi) is 10.6. The minimum absolute atomic E-state index is 0.163. The molecule has 0 bridgehead atoms. The van der Waals surface area contributed by atoms with Crippen LogP contribution in [0.3, 0.4) is 0 Å². The van der Waals surface area contributed by atoms with E-state index in [0.29, 0.717) is 18.0 Å². The van der Waals surface area contributed by atoms with Crippen molar-refractivity contribution in [3.63, 3.8) is 0 Å². The fraction of sp³-hybridized carbons (Fsp3) is 0.286. The maximum atomic E-state index is 13.5. The molecule has 0 saturated carbocycles. The average molecular weight is 513 g/mol. The molecule has 184 valence electrons. The Morgan fingerprint density at radius 1 is 0.971 bits per heavy atom. The van der Waals surface area contributed by atoms with E-state index in [4.69, 9.17) is 11.6 Å². The Bertz CT molecular complexity index is 1080. The number of carbonyl (C=O) groups is 2. The zero-order valence-electron chi connectivity index (χ0n) is 19.8. The first-order chi connectivity index (χ1) is 17.0. The lowest BCUT2D eigenvalue weighted by Gasteiger charge is -2.31. The van der Waals surface area contributed by atoms with Crippen LogP contribution in [0.25, 0.3) is 0 Å². The van der Waals surface area contributed by atoms with E-state index < -0.39 is 6.04 Å². The van der Waals surface area contributed by atoms with Crippen LogP contribution in [-0.2, 0) is 22.6 Å². The molecule has 0 spiro atoms. The number of carbonyl (C=O) groups excluding carboxylic acids is 2. The molecule has 0 aromatic heterocycles. The first-order valence-electron chi connectivity index (χ1n) is 11.7. The van der Waals surface area contributed by atoms with Gasteiger partial charge in [0.15, 0.2) is 0 Å². The van der Waals surface area contributed by atoms with E-state index in [-0.39, 0.29) is 29.9 Å². The van der Waals surface area contributed by atoms with Gasteiger partial charge in [-0.2, -0.15) is 0 Å². The van der Waals surface area contributed by atoms with Crippen LogP contribution >= 0.6 is 23.4 Å². The summed E-state index contributed by atoms with van der Waals surface area (Å²) < 4.78 is 13.5. The first kappa shape index (κ1) is 26.8. The van der Waals surface area contributed by atoms with Gasteiger partial charge in [0.25, 0.3) is 0 Å². The Labute approximate surface area is 215 Å². The Morgan fingerprint density at radius 3 is 2.31 bits per heavy atom. The van der Waals surface area contributed by atoms with Crippen molar-refractivity contribution in [3.8, 4) is 0 Å². The zero-order chi connectivity index (χ0) is 25.0. The van der Waals surface area contributed by atoms with Crippen molar-refractivity contribution in [2.45, 2.75) is 43.7 Å². The fourth-order valence-corrected chi connectivity index (χ4v) is 4.52. The highest BCUT2D eigenvalue weighted by Crippen LogP contribution is 2.23. The summed E-state index contributed by atoms with van der Waals surface area (Å²) in [6.07, 6.45) is 2.21. The van der Waals surface area contributed by atoms with E-state index in [2.05, 4.69) is 12.2 Å².